The number of amides is 1. The van der Waals surface area contributed by atoms with Crippen molar-refractivity contribution in [2.45, 2.75) is 4.90 Å². The van der Waals surface area contributed by atoms with Gasteiger partial charge in [-0.3, -0.25) is 9.10 Å². The summed E-state index contributed by atoms with van der Waals surface area (Å²) in [6.45, 7) is 0. The number of para-hydroxylation sites is 2. The third-order valence-corrected chi connectivity index (χ3v) is 6.50. The molecule has 0 saturated carbocycles. The Hall–Kier alpha value is -2.64. The predicted octanol–water partition coefficient (Wildman–Crippen LogP) is 3.83. The Morgan fingerprint density at radius 2 is 1.56 bits per heavy atom. The van der Waals surface area contributed by atoms with Crippen molar-refractivity contribution >= 4 is 38.6 Å². The van der Waals surface area contributed by atoms with E-state index in [1.54, 1.807) is 53.9 Å². The number of benzene rings is 2. The van der Waals surface area contributed by atoms with Crippen LogP contribution in [-0.2, 0) is 10.0 Å². The summed E-state index contributed by atoms with van der Waals surface area (Å²) in [5.41, 5.74) is 1.14. The number of hydrogen-bond donors (Lipinski definition) is 1. The Balaban J connectivity index is 1.91. The molecule has 0 unspecified atom stereocenters. The number of thiophene rings is 1. The Labute approximate surface area is 150 Å². The maximum absolute atomic E-state index is 12.9. The number of sulfonamides is 1. The van der Waals surface area contributed by atoms with Crippen molar-refractivity contribution in [3.63, 3.8) is 0 Å². The highest BCUT2D eigenvalue weighted by atomic mass is 32.2. The van der Waals surface area contributed by atoms with Crippen LogP contribution in [0.3, 0.4) is 0 Å². The fourth-order valence-corrected chi connectivity index (χ4v) is 4.79. The molecule has 1 N–H and O–H groups in total. The van der Waals surface area contributed by atoms with Crippen LogP contribution in [0.2, 0.25) is 0 Å². The average Bonchev–Trinajstić information content (AvgIpc) is 3.13. The van der Waals surface area contributed by atoms with Gasteiger partial charge in [0.25, 0.3) is 15.9 Å². The molecule has 0 spiro atoms. The van der Waals surface area contributed by atoms with E-state index in [0.717, 1.165) is 11.3 Å². The van der Waals surface area contributed by atoms with Crippen molar-refractivity contribution in [3.05, 3.63) is 77.0 Å². The first-order valence-electron chi connectivity index (χ1n) is 7.48. The minimum absolute atomic E-state index is 0.00251. The molecule has 0 fully saturated rings. The Morgan fingerprint density at radius 1 is 0.960 bits per heavy atom. The zero-order chi connectivity index (χ0) is 17.9. The largest absolute Gasteiger partial charge is 0.321 e. The van der Waals surface area contributed by atoms with Crippen LogP contribution in [0.15, 0.2) is 77.0 Å². The number of anilines is 2. The molecule has 3 rings (SSSR count). The van der Waals surface area contributed by atoms with Crippen molar-refractivity contribution in [1.82, 2.24) is 0 Å². The predicted molar refractivity (Wildman–Crippen MR) is 101 cm³/mol. The number of carbonyl (C=O) groups is 1. The molecule has 3 aromatic rings. The van der Waals surface area contributed by atoms with Crippen LogP contribution in [0, 0.1) is 0 Å². The summed E-state index contributed by atoms with van der Waals surface area (Å²) < 4.78 is 27.0. The third kappa shape index (κ3) is 3.57. The van der Waals surface area contributed by atoms with Crippen molar-refractivity contribution in [2.75, 3.05) is 16.7 Å². The van der Waals surface area contributed by atoms with Crippen LogP contribution in [0.5, 0.6) is 0 Å². The molecule has 5 nitrogen and oxygen atoms in total. The van der Waals surface area contributed by atoms with Gasteiger partial charge in [0.2, 0.25) is 0 Å². The van der Waals surface area contributed by atoms with E-state index in [4.69, 9.17) is 0 Å². The van der Waals surface area contributed by atoms with Gasteiger partial charge in [-0.25, -0.2) is 8.42 Å². The van der Waals surface area contributed by atoms with Gasteiger partial charge >= 0.3 is 0 Å². The van der Waals surface area contributed by atoms with Gasteiger partial charge < -0.3 is 5.32 Å². The van der Waals surface area contributed by atoms with Gasteiger partial charge in [0.15, 0.2) is 0 Å². The molecule has 0 aliphatic carbocycles. The van der Waals surface area contributed by atoms with Crippen LogP contribution >= 0.6 is 11.3 Å². The third-order valence-electron chi connectivity index (χ3n) is 3.63. The van der Waals surface area contributed by atoms with Crippen molar-refractivity contribution in [2.24, 2.45) is 0 Å². The van der Waals surface area contributed by atoms with Crippen LogP contribution in [0.1, 0.15) is 9.67 Å². The van der Waals surface area contributed by atoms with Gasteiger partial charge in [0.1, 0.15) is 9.77 Å². The second-order valence-electron chi connectivity index (χ2n) is 5.24. The minimum Gasteiger partial charge on any atom is -0.321 e. The van der Waals surface area contributed by atoms with E-state index in [9.17, 15) is 13.2 Å². The van der Waals surface area contributed by atoms with Gasteiger partial charge in [-0.05, 0) is 35.7 Å². The molecule has 1 heterocycles. The number of hydrogen-bond acceptors (Lipinski definition) is 4. The molecule has 0 radical (unpaired) electrons. The molecule has 0 saturated heterocycles. The second kappa shape index (κ2) is 7.08. The number of carbonyl (C=O) groups excluding carboxylic acids is 1. The highest BCUT2D eigenvalue weighted by Crippen LogP contribution is 2.28. The van der Waals surface area contributed by atoms with Crippen molar-refractivity contribution in [3.8, 4) is 0 Å². The van der Waals surface area contributed by atoms with E-state index in [1.807, 2.05) is 12.1 Å². The fourth-order valence-electron chi connectivity index (χ4n) is 2.30. The van der Waals surface area contributed by atoms with Crippen LogP contribution in [0.25, 0.3) is 0 Å². The molecule has 25 heavy (non-hydrogen) atoms. The number of nitrogens with one attached hydrogen (secondary N) is 1. The first-order chi connectivity index (χ1) is 12.0. The van der Waals surface area contributed by atoms with E-state index in [1.165, 1.54) is 17.4 Å². The Kier molecular flexibility index (Phi) is 4.87. The monoisotopic (exact) mass is 372 g/mol. The second-order valence-corrected chi connectivity index (χ2v) is 8.10. The van der Waals surface area contributed by atoms with E-state index in [-0.39, 0.29) is 9.77 Å². The van der Waals surface area contributed by atoms with Crippen LogP contribution < -0.4 is 9.62 Å². The zero-order valence-corrected chi connectivity index (χ0v) is 15.0. The Bertz CT molecular complexity index is 968. The SMILES string of the molecule is CN(c1ccccc1)S(=O)(=O)c1ccsc1C(=O)Nc1ccccc1. The highest BCUT2D eigenvalue weighted by molar-refractivity contribution is 7.93. The van der Waals surface area contributed by atoms with E-state index in [0.29, 0.717) is 11.4 Å². The molecule has 0 atom stereocenters. The molecule has 0 bridgehead atoms. The minimum atomic E-state index is -3.83. The molecule has 128 valence electrons. The van der Waals surface area contributed by atoms with E-state index < -0.39 is 15.9 Å². The lowest BCUT2D eigenvalue weighted by Crippen LogP contribution is -2.28. The summed E-state index contributed by atoms with van der Waals surface area (Å²) in [4.78, 5) is 12.7. The molecule has 2 aromatic carbocycles. The molecular formula is C18H16N2O3S2. The lowest BCUT2D eigenvalue weighted by Gasteiger charge is -2.19. The number of nitrogens with zero attached hydrogens (tertiary/aromatic N) is 1. The lowest BCUT2D eigenvalue weighted by atomic mass is 10.3. The summed E-state index contributed by atoms with van der Waals surface area (Å²) in [7, 11) is -2.36. The summed E-state index contributed by atoms with van der Waals surface area (Å²) >= 11 is 1.10. The molecule has 0 aliphatic heterocycles. The molecule has 1 amide bonds. The normalized spacial score (nSPS) is 11.1. The topological polar surface area (TPSA) is 66.5 Å². The Morgan fingerprint density at radius 3 is 2.20 bits per heavy atom. The molecule has 0 aliphatic rings. The first-order valence-corrected chi connectivity index (χ1v) is 9.80. The van der Waals surface area contributed by atoms with E-state index in [2.05, 4.69) is 5.32 Å². The quantitative estimate of drug-likeness (QED) is 0.740. The smallest absolute Gasteiger partial charge is 0.267 e. The van der Waals surface area contributed by atoms with Crippen molar-refractivity contribution < 1.29 is 13.2 Å². The van der Waals surface area contributed by atoms with Crippen molar-refractivity contribution in [1.29, 1.82) is 0 Å². The summed E-state index contributed by atoms with van der Waals surface area (Å²) in [6, 6.07) is 19.1. The van der Waals surface area contributed by atoms with Gasteiger partial charge in [0, 0.05) is 12.7 Å². The van der Waals surface area contributed by atoms with Crippen LogP contribution in [0.4, 0.5) is 11.4 Å². The lowest BCUT2D eigenvalue weighted by molar-refractivity contribution is 0.102. The van der Waals surface area contributed by atoms with Crippen LogP contribution in [-0.4, -0.2) is 21.4 Å². The first kappa shape index (κ1) is 17.2. The zero-order valence-electron chi connectivity index (χ0n) is 13.4. The highest BCUT2D eigenvalue weighted by Gasteiger charge is 2.28. The molecule has 1 aromatic heterocycles. The van der Waals surface area contributed by atoms with Gasteiger partial charge in [-0.2, -0.15) is 0 Å². The summed E-state index contributed by atoms with van der Waals surface area (Å²) in [5, 5.41) is 4.33. The number of rotatable bonds is 5. The fraction of sp³-hybridized carbons (Fsp3) is 0.0556. The van der Waals surface area contributed by atoms with Gasteiger partial charge in [-0.1, -0.05) is 36.4 Å². The summed E-state index contributed by atoms with van der Waals surface area (Å²) in [5.74, 6) is -0.443. The van der Waals surface area contributed by atoms with Gasteiger partial charge in [-0.15, -0.1) is 11.3 Å². The average molecular weight is 372 g/mol. The van der Waals surface area contributed by atoms with E-state index >= 15 is 0 Å². The molecule has 7 heteroatoms. The standard InChI is InChI=1S/C18H16N2O3S2/c1-20(15-10-6-3-7-11-15)25(22,23)16-12-13-24-17(16)18(21)19-14-8-4-2-5-9-14/h2-13H,1H3,(H,19,21). The van der Waals surface area contributed by atoms with Gasteiger partial charge in [0.05, 0.1) is 5.69 Å². The molecular weight excluding hydrogens is 356 g/mol. The maximum Gasteiger partial charge on any atom is 0.267 e. The summed E-state index contributed by atoms with van der Waals surface area (Å²) in [6.07, 6.45) is 0. The maximum atomic E-state index is 12.9.